The summed E-state index contributed by atoms with van der Waals surface area (Å²) in [6.45, 7) is 0. The summed E-state index contributed by atoms with van der Waals surface area (Å²) in [6.07, 6.45) is 0. The third-order valence-electron chi connectivity index (χ3n) is 4.72. The summed E-state index contributed by atoms with van der Waals surface area (Å²) in [5.74, 6) is 0. The van der Waals surface area contributed by atoms with E-state index in [2.05, 4.69) is 41.4 Å². The lowest BCUT2D eigenvalue weighted by atomic mass is 9.65. The minimum atomic E-state index is 0.331. The standard InChI is InChI=1S/C18H7B4NS/c19-13-12-8-5-6-10-11(7-3-1-2-4-9(7)24-10)17(8)23-18(12)16(22)15(21)14(13)20/h1-6,23H. The normalized spacial score (nSPS) is 12.0. The first kappa shape index (κ1) is 14.3. The van der Waals surface area contributed by atoms with E-state index in [0.29, 0.717) is 21.9 Å². The molecule has 0 unspecified atom stereocenters. The zero-order valence-electron chi connectivity index (χ0n) is 12.7. The van der Waals surface area contributed by atoms with Crippen LogP contribution in [0.3, 0.4) is 0 Å². The predicted molar refractivity (Wildman–Crippen MR) is 110 cm³/mol. The Hall–Kier alpha value is -2.06. The van der Waals surface area contributed by atoms with Crippen LogP contribution in [0.4, 0.5) is 0 Å². The minimum absolute atomic E-state index is 0.331. The number of aromatic nitrogens is 1. The second kappa shape index (κ2) is 4.73. The van der Waals surface area contributed by atoms with Crippen molar-refractivity contribution in [3.63, 3.8) is 0 Å². The molecule has 5 aromatic rings. The molecule has 3 aromatic carbocycles. The first-order chi connectivity index (χ1) is 11.6. The van der Waals surface area contributed by atoms with E-state index in [1.54, 1.807) is 11.3 Å². The summed E-state index contributed by atoms with van der Waals surface area (Å²) in [7, 11) is 24.5. The lowest BCUT2D eigenvalue weighted by Crippen LogP contribution is -2.47. The van der Waals surface area contributed by atoms with Gasteiger partial charge in [0.15, 0.2) is 0 Å². The van der Waals surface area contributed by atoms with Crippen molar-refractivity contribution in [2.24, 2.45) is 0 Å². The first-order valence-corrected chi connectivity index (χ1v) is 8.37. The third kappa shape index (κ3) is 1.65. The SMILES string of the molecule is [B]c1c([B])c([B])c2c([nH]c3c2ccc2sc4ccccc4c23)c1[B]. The van der Waals surface area contributed by atoms with Gasteiger partial charge in [-0.15, -0.1) is 22.3 Å². The zero-order chi connectivity index (χ0) is 16.6. The van der Waals surface area contributed by atoms with Gasteiger partial charge in [-0.2, -0.15) is 0 Å². The number of rotatable bonds is 0. The van der Waals surface area contributed by atoms with Gasteiger partial charge in [0, 0.05) is 31.1 Å². The quantitative estimate of drug-likeness (QED) is 0.408. The molecular formula is C18H7B4NS. The molecule has 24 heavy (non-hydrogen) atoms. The number of hydrogen-bond donors (Lipinski definition) is 1. The predicted octanol–water partition coefficient (Wildman–Crippen LogP) is 0.864. The van der Waals surface area contributed by atoms with E-state index in [1.807, 2.05) is 0 Å². The second-order valence-electron chi connectivity index (χ2n) is 5.99. The number of H-pyrrole nitrogens is 1. The van der Waals surface area contributed by atoms with E-state index < -0.39 is 0 Å². The molecule has 6 heteroatoms. The van der Waals surface area contributed by atoms with Crippen molar-refractivity contribution in [1.29, 1.82) is 0 Å². The molecule has 0 aliphatic carbocycles. The first-order valence-electron chi connectivity index (χ1n) is 7.55. The van der Waals surface area contributed by atoms with Gasteiger partial charge in [0.05, 0.1) is 5.52 Å². The molecule has 0 saturated heterocycles. The van der Waals surface area contributed by atoms with Crippen molar-refractivity contribution in [3.05, 3.63) is 36.4 Å². The maximum atomic E-state index is 6.25. The Balaban J connectivity index is 2.12. The third-order valence-corrected chi connectivity index (χ3v) is 5.86. The Kier molecular flexibility index (Phi) is 2.82. The van der Waals surface area contributed by atoms with E-state index in [0.717, 1.165) is 21.8 Å². The molecule has 2 aromatic heterocycles. The van der Waals surface area contributed by atoms with Gasteiger partial charge in [0.2, 0.25) is 0 Å². The van der Waals surface area contributed by atoms with Crippen LogP contribution in [0.5, 0.6) is 0 Å². The summed E-state index contributed by atoms with van der Waals surface area (Å²) < 4.78 is 2.46. The maximum Gasteiger partial charge on any atom is 0.115 e. The number of nitrogens with one attached hydrogen (secondary N) is 1. The fraction of sp³-hybridized carbons (Fsp3) is 0. The highest BCUT2D eigenvalue weighted by Crippen LogP contribution is 2.39. The fourth-order valence-electron chi connectivity index (χ4n) is 3.52. The molecule has 102 valence electrons. The molecular weight excluding hydrogens is 306 g/mol. The lowest BCUT2D eigenvalue weighted by Gasteiger charge is -2.12. The minimum Gasteiger partial charge on any atom is -0.354 e. The van der Waals surface area contributed by atoms with Gasteiger partial charge in [-0.25, -0.2) is 0 Å². The van der Waals surface area contributed by atoms with Gasteiger partial charge in [0.25, 0.3) is 0 Å². The van der Waals surface area contributed by atoms with Crippen LogP contribution in [-0.4, -0.2) is 36.4 Å². The van der Waals surface area contributed by atoms with Crippen LogP contribution in [0.15, 0.2) is 36.4 Å². The maximum absolute atomic E-state index is 6.25. The number of hydrogen-bond acceptors (Lipinski definition) is 1. The number of benzene rings is 3. The highest BCUT2D eigenvalue weighted by atomic mass is 32.1. The van der Waals surface area contributed by atoms with Crippen LogP contribution in [0.1, 0.15) is 0 Å². The van der Waals surface area contributed by atoms with Crippen molar-refractivity contribution in [2.45, 2.75) is 0 Å². The Morgan fingerprint density at radius 2 is 1.38 bits per heavy atom. The van der Waals surface area contributed by atoms with Gasteiger partial charge >= 0.3 is 0 Å². The molecule has 0 bridgehead atoms. The van der Waals surface area contributed by atoms with Crippen LogP contribution in [0.2, 0.25) is 0 Å². The molecule has 1 nitrogen and oxygen atoms in total. The van der Waals surface area contributed by atoms with Crippen molar-refractivity contribution < 1.29 is 0 Å². The summed E-state index contributed by atoms with van der Waals surface area (Å²) in [6, 6.07) is 12.6. The Morgan fingerprint density at radius 1 is 0.625 bits per heavy atom. The summed E-state index contributed by atoms with van der Waals surface area (Å²) in [5, 5.41) is 4.25. The Morgan fingerprint density at radius 3 is 2.21 bits per heavy atom. The lowest BCUT2D eigenvalue weighted by molar-refractivity contribution is 1.59. The fourth-order valence-corrected chi connectivity index (χ4v) is 4.63. The molecule has 8 radical (unpaired) electrons. The molecule has 0 fully saturated rings. The van der Waals surface area contributed by atoms with Crippen molar-refractivity contribution >= 4 is 107 Å². The van der Waals surface area contributed by atoms with Crippen LogP contribution in [0.25, 0.3) is 42.0 Å². The average Bonchev–Trinajstić information content (AvgIpc) is 3.15. The Labute approximate surface area is 148 Å². The number of fused-ring (bicyclic) bond motifs is 7. The van der Waals surface area contributed by atoms with Crippen LogP contribution < -0.4 is 21.9 Å². The van der Waals surface area contributed by atoms with Gasteiger partial charge in [0.1, 0.15) is 31.4 Å². The van der Waals surface area contributed by atoms with Gasteiger partial charge in [-0.3, -0.25) is 0 Å². The van der Waals surface area contributed by atoms with Crippen molar-refractivity contribution in [1.82, 2.24) is 4.98 Å². The average molecular weight is 313 g/mol. The molecule has 0 amide bonds. The van der Waals surface area contributed by atoms with Crippen LogP contribution >= 0.6 is 11.3 Å². The summed E-state index contributed by atoms with van der Waals surface area (Å²) in [5.41, 5.74) is 3.36. The summed E-state index contributed by atoms with van der Waals surface area (Å²) >= 11 is 1.77. The van der Waals surface area contributed by atoms with Crippen molar-refractivity contribution in [2.75, 3.05) is 0 Å². The van der Waals surface area contributed by atoms with E-state index >= 15 is 0 Å². The molecule has 0 spiro atoms. The number of aromatic amines is 1. The van der Waals surface area contributed by atoms with Gasteiger partial charge in [-0.05, 0) is 17.5 Å². The van der Waals surface area contributed by atoms with E-state index in [1.165, 1.54) is 20.2 Å². The van der Waals surface area contributed by atoms with E-state index in [-0.39, 0.29) is 0 Å². The Bertz CT molecular complexity index is 1300. The van der Waals surface area contributed by atoms with Crippen molar-refractivity contribution in [3.8, 4) is 0 Å². The monoisotopic (exact) mass is 313 g/mol. The van der Waals surface area contributed by atoms with Crippen LogP contribution in [-0.2, 0) is 0 Å². The van der Waals surface area contributed by atoms with Gasteiger partial charge < -0.3 is 4.98 Å². The molecule has 0 saturated carbocycles. The highest BCUT2D eigenvalue weighted by Gasteiger charge is 2.16. The molecule has 1 N–H and O–H groups in total. The zero-order valence-corrected chi connectivity index (χ0v) is 13.5. The second-order valence-corrected chi connectivity index (χ2v) is 7.07. The van der Waals surface area contributed by atoms with Crippen LogP contribution in [0, 0.1) is 0 Å². The molecule has 5 rings (SSSR count). The smallest absolute Gasteiger partial charge is 0.115 e. The molecule has 0 aliphatic rings. The number of thiophene rings is 1. The van der Waals surface area contributed by atoms with E-state index in [9.17, 15) is 0 Å². The summed E-state index contributed by atoms with van der Waals surface area (Å²) in [4.78, 5) is 3.44. The van der Waals surface area contributed by atoms with Gasteiger partial charge in [-0.1, -0.05) is 35.2 Å². The molecule has 2 heterocycles. The molecule has 0 aliphatic heterocycles. The highest BCUT2D eigenvalue weighted by molar-refractivity contribution is 7.26. The van der Waals surface area contributed by atoms with E-state index in [4.69, 9.17) is 31.4 Å². The topological polar surface area (TPSA) is 15.8 Å². The largest absolute Gasteiger partial charge is 0.354 e. The molecule has 0 atom stereocenters.